The number of rotatable bonds is 8. The molecule has 0 amide bonds. The molecule has 0 aliphatic heterocycles. The van der Waals surface area contributed by atoms with Crippen molar-refractivity contribution < 1.29 is 48.1 Å². The fourth-order valence-corrected chi connectivity index (χ4v) is 19.6. The molecule has 86 heavy (non-hydrogen) atoms. The van der Waals surface area contributed by atoms with Crippen molar-refractivity contribution in [1.82, 2.24) is 0 Å². The van der Waals surface area contributed by atoms with Crippen LogP contribution in [0.15, 0.2) is 218 Å². The number of fused-ring (bicyclic) bond motifs is 6. The van der Waals surface area contributed by atoms with Gasteiger partial charge < -0.3 is 24.8 Å². The summed E-state index contributed by atoms with van der Waals surface area (Å²) in [7, 11) is 0. The van der Waals surface area contributed by atoms with Crippen molar-refractivity contribution in [3.05, 3.63) is 230 Å². The Hall–Kier alpha value is -5.86. The quantitative estimate of drug-likeness (QED) is 0.105. The summed E-state index contributed by atoms with van der Waals surface area (Å²) in [5.41, 5.74) is 15.3. The van der Waals surface area contributed by atoms with E-state index in [1.165, 1.54) is 199 Å². The van der Waals surface area contributed by atoms with E-state index in [-0.39, 0.29) is 30.2 Å². The van der Waals surface area contributed by atoms with Crippen LogP contribution in [-0.2, 0) is 36.2 Å². The smallest absolute Gasteiger partial charge is 0.0114 e. The Labute approximate surface area is 537 Å². The van der Waals surface area contributed by atoms with Gasteiger partial charge in [0, 0.05) is 0 Å². The molecular weight excluding hydrogens is 1180 g/mol. The van der Waals surface area contributed by atoms with Crippen molar-refractivity contribution >= 4 is 70.1 Å². The van der Waals surface area contributed by atoms with Gasteiger partial charge in [-0.05, 0) is 190 Å². The van der Waals surface area contributed by atoms with Gasteiger partial charge >= 0.3 is 41.9 Å². The van der Waals surface area contributed by atoms with Crippen molar-refractivity contribution in [2.45, 2.75) is 103 Å². The SMILES string of the molecule is C[Si](C)=[Zr+2].[Cl-].[Cl-].c1ccc2c(-c3ccc(-c4cccc5ccccc45)c4[cH-]c(CC56CC7CC(CC(C7)C5)C6)cc34)cccc2c1.c1ccc2c(-c3ccc(-c4cccc5ccccc45)c4[cH-]c(CC56CC7CC(CC(C7)C5)C6)cc34)cccc2c1. The van der Waals surface area contributed by atoms with E-state index in [9.17, 15) is 0 Å². The molecule has 8 aliphatic carbocycles. The third-order valence-corrected chi connectivity index (χ3v) is 21.7. The zero-order valence-corrected chi connectivity index (χ0v) is 54.9. The standard InChI is InChI=1S/2C40H35.C2H6Si.2ClH.Zr/c2*1-3-11-32-30(7-1)9-5-13-34(32)36-15-16-37(35-14-6-10-31-8-2-4-12-33(31)35)39-21-29(20-38(36)39)25-40-22-26-17-27(23-40)19-28(18-26)24-40;1-3-2;;;/h2*1-16,20-21,26-28H,17-19,22-25H2;1-2H3;2*1H;/q2*-1;;;;+2/p-2. The van der Waals surface area contributed by atoms with Crippen LogP contribution < -0.4 is 24.8 Å². The van der Waals surface area contributed by atoms with Crippen LogP contribution in [-0.4, -0.2) is 5.43 Å². The summed E-state index contributed by atoms with van der Waals surface area (Å²) in [6.07, 6.45) is 20.4. The number of hydrogen-bond acceptors (Lipinski definition) is 0. The molecule has 4 heteroatoms. The molecule has 0 heterocycles. The van der Waals surface area contributed by atoms with Gasteiger partial charge in [-0.2, -0.15) is 12.1 Å². The van der Waals surface area contributed by atoms with E-state index in [0.717, 1.165) is 35.5 Å². The molecule has 0 N–H and O–H groups in total. The van der Waals surface area contributed by atoms with Gasteiger partial charge in [0.05, 0.1) is 0 Å². The Kier molecular flexibility index (Phi) is 15.9. The van der Waals surface area contributed by atoms with E-state index in [1.807, 2.05) is 0 Å². The topological polar surface area (TPSA) is 0 Å². The van der Waals surface area contributed by atoms with Crippen LogP contribution >= 0.6 is 0 Å². The van der Waals surface area contributed by atoms with Gasteiger partial charge in [-0.1, -0.05) is 228 Å². The predicted octanol–water partition coefficient (Wildman–Crippen LogP) is 16.7. The fourth-order valence-electron chi connectivity index (χ4n) is 19.6. The second-order valence-electron chi connectivity index (χ2n) is 28.0. The Bertz CT molecular complexity index is 3920. The summed E-state index contributed by atoms with van der Waals surface area (Å²) >= 11 is 1.74. The first kappa shape index (κ1) is 57.9. The van der Waals surface area contributed by atoms with Crippen LogP contribution in [0.5, 0.6) is 0 Å². The summed E-state index contributed by atoms with van der Waals surface area (Å²) in [6, 6.07) is 82.5. The van der Waals surface area contributed by atoms with Crippen LogP contribution in [0.1, 0.15) is 88.2 Å². The number of halogens is 2. The molecule has 8 saturated carbocycles. The van der Waals surface area contributed by atoms with Crippen LogP contribution in [0.4, 0.5) is 0 Å². The second kappa shape index (κ2) is 23.6. The van der Waals surface area contributed by atoms with Crippen LogP contribution in [0, 0.1) is 46.3 Å². The Morgan fingerprint density at radius 3 is 0.849 bits per heavy atom. The molecule has 0 unspecified atom stereocenters. The van der Waals surface area contributed by atoms with E-state index in [2.05, 4.69) is 231 Å². The molecule has 0 atom stereocenters. The first-order chi connectivity index (χ1) is 41.2. The van der Waals surface area contributed by atoms with Gasteiger partial charge in [-0.15, -0.1) is 44.8 Å². The molecule has 8 bridgehead atoms. The number of benzene rings is 10. The summed E-state index contributed by atoms with van der Waals surface area (Å²) in [4.78, 5) is 0. The van der Waals surface area contributed by atoms with E-state index >= 15 is 0 Å². The van der Waals surface area contributed by atoms with E-state index in [1.54, 1.807) is 34.5 Å². The zero-order chi connectivity index (χ0) is 56.1. The monoisotopic (exact) mass is 1250 g/mol. The molecule has 428 valence electrons. The third kappa shape index (κ3) is 10.7. The van der Waals surface area contributed by atoms with Crippen LogP contribution in [0.2, 0.25) is 13.1 Å². The number of hydrogen-bond donors (Lipinski definition) is 0. The van der Waals surface area contributed by atoms with Crippen molar-refractivity contribution in [3.63, 3.8) is 0 Å². The van der Waals surface area contributed by atoms with Gasteiger partial charge in [0.15, 0.2) is 0 Å². The van der Waals surface area contributed by atoms with Crippen molar-refractivity contribution in [2.75, 3.05) is 0 Å². The maximum atomic E-state index is 2.58. The summed E-state index contributed by atoms with van der Waals surface area (Å²) in [6.45, 7) is 4.62. The van der Waals surface area contributed by atoms with Crippen molar-refractivity contribution in [3.8, 4) is 44.5 Å². The van der Waals surface area contributed by atoms with Gasteiger partial charge in [0.1, 0.15) is 0 Å². The molecule has 0 saturated heterocycles. The Morgan fingerprint density at radius 1 is 0.326 bits per heavy atom. The van der Waals surface area contributed by atoms with Crippen LogP contribution in [0.3, 0.4) is 0 Å². The molecule has 8 fully saturated rings. The first-order valence-corrected chi connectivity index (χ1v) is 38.2. The van der Waals surface area contributed by atoms with E-state index in [4.69, 9.17) is 0 Å². The minimum Gasteiger partial charge on any atom is -1.00 e. The predicted molar refractivity (Wildman–Crippen MR) is 357 cm³/mol. The molecular formula is C82H76Cl2SiZr-2. The average Bonchev–Trinajstić information content (AvgIpc) is 1.56. The molecule has 0 spiro atoms. The third-order valence-electron chi connectivity index (χ3n) is 21.7. The molecule has 0 aromatic heterocycles. The normalized spacial score (nSPS) is 23.9. The average molecular weight is 1250 g/mol. The van der Waals surface area contributed by atoms with Crippen molar-refractivity contribution in [1.29, 1.82) is 0 Å². The minimum atomic E-state index is 0. The second-order valence-corrected chi connectivity index (χ2v) is 37.4. The maximum Gasteiger partial charge on any atom is -0.0114 e. The van der Waals surface area contributed by atoms with E-state index in [0.29, 0.717) is 10.8 Å². The zero-order valence-electron chi connectivity index (χ0n) is 49.9. The first-order valence-electron chi connectivity index (χ1n) is 32.1. The Morgan fingerprint density at radius 2 is 0.558 bits per heavy atom. The summed E-state index contributed by atoms with van der Waals surface area (Å²) in [5.74, 6) is 5.96. The minimum absolute atomic E-state index is 0. The van der Waals surface area contributed by atoms with Gasteiger partial charge in [0.25, 0.3) is 0 Å². The van der Waals surface area contributed by atoms with E-state index < -0.39 is 0 Å². The van der Waals surface area contributed by atoms with Crippen LogP contribution in [0.25, 0.3) is 109 Å². The van der Waals surface area contributed by atoms with Gasteiger partial charge in [0.2, 0.25) is 0 Å². The largest absolute Gasteiger partial charge is 1.00 e. The molecule has 12 aromatic carbocycles. The van der Waals surface area contributed by atoms with Crippen molar-refractivity contribution in [2.24, 2.45) is 46.3 Å². The molecule has 12 aromatic rings. The maximum absolute atomic E-state index is 2.58. The fraction of sp³-hybridized carbons (Fsp3) is 0.293. The molecule has 0 nitrogen and oxygen atoms in total. The van der Waals surface area contributed by atoms with Gasteiger partial charge in [-0.25, -0.2) is 0 Å². The summed E-state index contributed by atoms with van der Waals surface area (Å²) < 4.78 is 0. The molecule has 8 aliphatic rings. The summed E-state index contributed by atoms with van der Waals surface area (Å²) in [5, 5.41) is 16.3. The van der Waals surface area contributed by atoms with Gasteiger partial charge in [-0.3, -0.25) is 0 Å². The molecule has 20 rings (SSSR count). The molecule has 0 radical (unpaired) electrons. The Balaban J connectivity index is 0.000000140.